The van der Waals surface area contributed by atoms with E-state index in [1.807, 2.05) is 61.5 Å². The third kappa shape index (κ3) is 3.98. The van der Waals surface area contributed by atoms with Crippen LogP contribution in [-0.2, 0) is 0 Å². The normalized spacial score (nSPS) is 11.0. The van der Waals surface area contributed by atoms with Crippen LogP contribution in [0, 0.1) is 6.92 Å². The van der Waals surface area contributed by atoms with Gasteiger partial charge in [-0.3, -0.25) is 4.99 Å². The molecular weight excluding hydrogens is 330 g/mol. The van der Waals surface area contributed by atoms with E-state index in [4.69, 9.17) is 11.6 Å². The summed E-state index contributed by atoms with van der Waals surface area (Å²) >= 11 is 5.89. The maximum Gasteiger partial charge on any atom is 0.132 e. The van der Waals surface area contributed by atoms with Crippen molar-refractivity contribution in [1.82, 2.24) is 0 Å². The highest BCUT2D eigenvalue weighted by atomic mass is 35.5. The molecule has 3 aromatic carbocycles. The lowest BCUT2D eigenvalue weighted by atomic mass is 9.95. The molecule has 2 nitrogen and oxygen atoms in total. The molecule has 0 spiro atoms. The van der Waals surface area contributed by atoms with Gasteiger partial charge in [-0.25, -0.2) is 0 Å². The molecule has 124 valence electrons. The number of aryl methyl sites for hydroxylation is 1. The molecule has 0 saturated heterocycles. The fourth-order valence-electron chi connectivity index (χ4n) is 2.60. The number of benzene rings is 3. The van der Waals surface area contributed by atoms with Crippen molar-refractivity contribution >= 4 is 29.1 Å². The van der Waals surface area contributed by atoms with Gasteiger partial charge in [-0.15, -0.1) is 0 Å². The van der Waals surface area contributed by atoms with Crippen LogP contribution in [0.15, 0.2) is 78.3 Å². The number of halogens is 1. The summed E-state index contributed by atoms with van der Waals surface area (Å²) in [4.78, 5) is 4.42. The van der Waals surface area contributed by atoms with Crippen LogP contribution >= 0.6 is 11.6 Å². The first-order valence-corrected chi connectivity index (χ1v) is 8.30. The van der Waals surface area contributed by atoms with E-state index in [-0.39, 0.29) is 5.75 Å². The molecule has 0 heterocycles. The number of phenolic OH excluding ortho intramolecular Hbond substituents is 1. The number of hydrogen-bond acceptors (Lipinski definition) is 2. The molecule has 0 bridgehead atoms. The average molecular weight is 348 g/mol. The Kier molecular flexibility index (Phi) is 5.01. The van der Waals surface area contributed by atoms with Gasteiger partial charge in [-0.05, 0) is 60.0 Å². The van der Waals surface area contributed by atoms with Crippen LogP contribution in [-0.4, -0.2) is 11.3 Å². The molecule has 3 heteroatoms. The van der Waals surface area contributed by atoms with Crippen LogP contribution in [0.25, 0.3) is 5.57 Å². The van der Waals surface area contributed by atoms with Gasteiger partial charge < -0.3 is 5.11 Å². The molecule has 0 saturated carbocycles. The molecule has 0 fully saturated rings. The minimum atomic E-state index is 0.178. The fourth-order valence-corrected chi connectivity index (χ4v) is 2.73. The quantitative estimate of drug-likeness (QED) is 0.563. The van der Waals surface area contributed by atoms with Crippen molar-refractivity contribution in [3.05, 3.63) is 101 Å². The molecular formula is C22H18ClNO. The molecule has 0 aromatic heterocycles. The van der Waals surface area contributed by atoms with Crippen molar-refractivity contribution in [3.8, 4) is 5.75 Å². The van der Waals surface area contributed by atoms with Crippen molar-refractivity contribution in [2.24, 2.45) is 4.99 Å². The number of aliphatic imine (C=N–C) groups is 1. The minimum absolute atomic E-state index is 0.178. The zero-order valence-electron chi connectivity index (χ0n) is 13.9. The monoisotopic (exact) mass is 347 g/mol. The van der Waals surface area contributed by atoms with Crippen molar-refractivity contribution in [1.29, 1.82) is 0 Å². The smallest absolute Gasteiger partial charge is 0.132 e. The van der Waals surface area contributed by atoms with Gasteiger partial charge >= 0.3 is 0 Å². The van der Waals surface area contributed by atoms with Crippen LogP contribution in [0.3, 0.4) is 0 Å². The lowest BCUT2D eigenvalue weighted by Gasteiger charge is -2.12. The summed E-state index contributed by atoms with van der Waals surface area (Å²) in [5, 5.41) is 11.4. The summed E-state index contributed by atoms with van der Waals surface area (Å²) in [5.41, 5.74) is 4.92. The lowest BCUT2D eigenvalue weighted by Crippen LogP contribution is -1.93. The van der Waals surface area contributed by atoms with E-state index in [9.17, 15) is 5.11 Å². The zero-order chi connectivity index (χ0) is 17.8. The highest BCUT2D eigenvalue weighted by Gasteiger charge is 2.11. The Bertz CT molecular complexity index is 928. The summed E-state index contributed by atoms with van der Waals surface area (Å²) in [7, 11) is 0. The van der Waals surface area contributed by atoms with Gasteiger partial charge in [0.05, 0.1) is 5.69 Å². The minimum Gasteiger partial charge on any atom is -0.507 e. The molecule has 0 unspecified atom stereocenters. The fraction of sp³-hybridized carbons (Fsp3) is 0.0455. The molecule has 3 rings (SSSR count). The lowest BCUT2D eigenvalue weighted by molar-refractivity contribution is 0.472. The largest absolute Gasteiger partial charge is 0.507 e. The number of aromatic hydroxyl groups is 1. The van der Waals surface area contributed by atoms with Crippen molar-refractivity contribution in [2.75, 3.05) is 0 Å². The molecule has 0 aliphatic rings. The Morgan fingerprint density at radius 3 is 2.40 bits per heavy atom. The topological polar surface area (TPSA) is 32.6 Å². The van der Waals surface area contributed by atoms with Crippen molar-refractivity contribution < 1.29 is 5.11 Å². The zero-order valence-corrected chi connectivity index (χ0v) is 14.7. The van der Waals surface area contributed by atoms with Crippen LogP contribution < -0.4 is 0 Å². The second-order valence-corrected chi connectivity index (χ2v) is 6.27. The number of nitrogens with zero attached hydrogens (tertiary/aromatic N) is 1. The van der Waals surface area contributed by atoms with E-state index in [1.54, 1.807) is 18.3 Å². The van der Waals surface area contributed by atoms with E-state index in [2.05, 4.69) is 11.6 Å². The first kappa shape index (κ1) is 17.0. The van der Waals surface area contributed by atoms with Crippen LogP contribution in [0.5, 0.6) is 5.75 Å². The average Bonchev–Trinajstić information content (AvgIpc) is 2.63. The standard InChI is InChI=1S/C22H18ClNO/c1-15-12-18(14-24-20-10-8-19(23)9-11-20)22(25)21(13-15)16(2)17-6-4-3-5-7-17/h3-14,25H,2H2,1H3. The van der Waals surface area contributed by atoms with Gasteiger partial charge in [0, 0.05) is 22.4 Å². The maximum atomic E-state index is 10.7. The molecule has 25 heavy (non-hydrogen) atoms. The molecule has 1 N–H and O–H groups in total. The van der Waals surface area contributed by atoms with Gasteiger partial charge in [0.15, 0.2) is 0 Å². The third-order valence-corrected chi connectivity index (χ3v) is 4.16. The summed E-state index contributed by atoms with van der Waals surface area (Å²) in [6, 6.07) is 20.9. The van der Waals surface area contributed by atoms with E-state index in [1.165, 1.54) is 0 Å². The van der Waals surface area contributed by atoms with E-state index in [0.29, 0.717) is 16.1 Å². The number of hydrogen-bond donors (Lipinski definition) is 1. The first-order valence-electron chi connectivity index (χ1n) is 7.92. The molecule has 0 aliphatic heterocycles. The SMILES string of the molecule is C=C(c1ccccc1)c1cc(C)cc(C=Nc2ccc(Cl)cc2)c1O. The number of rotatable bonds is 4. The number of phenols is 1. The van der Waals surface area contributed by atoms with E-state index < -0.39 is 0 Å². The highest BCUT2D eigenvalue weighted by Crippen LogP contribution is 2.32. The Labute approximate surface area is 152 Å². The second kappa shape index (κ2) is 7.37. The third-order valence-electron chi connectivity index (χ3n) is 3.91. The molecule has 3 aromatic rings. The highest BCUT2D eigenvalue weighted by molar-refractivity contribution is 6.30. The van der Waals surface area contributed by atoms with Gasteiger partial charge in [-0.1, -0.05) is 48.5 Å². The molecule has 0 atom stereocenters. The summed E-state index contributed by atoms with van der Waals surface area (Å²) in [6.07, 6.45) is 1.66. The van der Waals surface area contributed by atoms with E-state index in [0.717, 1.165) is 22.4 Å². The van der Waals surface area contributed by atoms with Gasteiger partial charge in [0.25, 0.3) is 0 Å². The predicted octanol–water partition coefficient (Wildman–Crippen LogP) is 6.17. The van der Waals surface area contributed by atoms with Gasteiger partial charge in [-0.2, -0.15) is 0 Å². The van der Waals surface area contributed by atoms with Crippen molar-refractivity contribution in [3.63, 3.8) is 0 Å². The van der Waals surface area contributed by atoms with Crippen molar-refractivity contribution in [2.45, 2.75) is 6.92 Å². The predicted molar refractivity (Wildman–Crippen MR) is 106 cm³/mol. The maximum absolute atomic E-state index is 10.7. The molecule has 0 aliphatic carbocycles. The van der Waals surface area contributed by atoms with Crippen LogP contribution in [0.2, 0.25) is 5.02 Å². The Balaban J connectivity index is 1.97. The summed E-state index contributed by atoms with van der Waals surface area (Å²) < 4.78 is 0. The molecule has 0 radical (unpaired) electrons. The first-order chi connectivity index (χ1) is 12.0. The summed E-state index contributed by atoms with van der Waals surface area (Å²) in [6.45, 7) is 6.13. The van der Waals surface area contributed by atoms with Crippen LogP contribution in [0.4, 0.5) is 5.69 Å². The Morgan fingerprint density at radius 1 is 1.04 bits per heavy atom. The summed E-state index contributed by atoms with van der Waals surface area (Å²) in [5.74, 6) is 0.178. The second-order valence-electron chi connectivity index (χ2n) is 5.83. The van der Waals surface area contributed by atoms with Gasteiger partial charge in [0.2, 0.25) is 0 Å². The Hall–Kier alpha value is -2.84. The Morgan fingerprint density at radius 2 is 1.72 bits per heavy atom. The van der Waals surface area contributed by atoms with Crippen LogP contribution in [0.1, 0.15) is 22.3 Å². The van der Waals surface area contributed by atoms with Gasteiger partial charge in [0.1, 0.15) is 5.75 Å². The van der Waals surface area contributed by atoms with E-state index >= 15 is 0 Å². The molecule has 0 amide bonds.